The molecule has 0 spiro atoms. The first kappa shape index (κ1) is 25.4. The zero-order valence-corrected chi connectivity index (χ0v) is 20.3. The second kappa shape index (κ2) is 13.6. The van der Waals surface area contributed by atoms with E-state index in [0.29, 0.717) is 18.4 Å². The van der Waals surface area contributed by atoms with Gasteiger partial charge in [0, 0.05) is 32.1 Å². The third-order valence-electron chi connectivity index (χ3n) is 4.69. The fraction of sp³-hybridized carbons (Fsp3) is 0.545. The lowest BCUT2D eigenvalue weighted by Crippen LogP contribution is -2.39. The van der Waals surface area contributed by atoms with Gasteiger partial charge < -0.3 is 15.7 Å². The van der Waals surface area contributed by atoms with Gasteiger partial charge in [0.25, 0.3) is 0 Å². The smallest absolute Gasteiger partial charge is 0.191 e. The molecule has 2 aromatic rings. The van der Waals surface area contributed by atoms with Crippen LogP contribution in [0.25, 0.3) is 5.69 Å². The second-order valence-electron chi connectivity index (χ2n) is 7.64. The van der Waals surface area contributed by atoms with Gasteiger partial charge in [-0.3, -0.25) is 4.99 Å². The molecular formula is C22H36IN5O. The Hall–Kier alpha value is -1.61. The van der Waals surface area contributed by atoms with Crippen molar-refractivity contribution in [1.82, 2.24) is 20.4 Å². The maximum atomic E-state index is 9.33. The van der Waals surface area contributed by atoms with Gasteiger partial charge >= 0.3 is 0 Å². The van der Waals surface area contributed by atoms with Crippen molar-refractivity contribution in [3.8, 4) is 5.69 Å². The third kappa shape index (κ3) is 8.74. The summed E-state index contributed by atoms with van der Waals surface area (Å²) in [7, 11) is 0. The molecule has 1 aromatic heterocycles. The summed E-state index contributed by atoms with van der Waals surface area (Å²) in [5.74, 6) is 1.82. The Balaban J connectivity index is 0.00000420. The molecule has 2 atom stereocenters. The Morgan fingerprint density at radius 1 is 1.24 bits per heavy atom. The van der Waals surface area contributed by atoms with E-state index in [1.807, 2.05) is 23.0 Å². The Labute approximate surface area is 192 Å². The molecule has 162 valence electrons. The second-order valence-corrected chi connectivity index (χ2v) is 7.64. The molecule has 0 amide bonds. The zero-order chi connectivity index (χ0) is 20.4. The lowest BCUT2D eigenvalue weighted by molar-refractivity contribution is 0.245. The maximum Gasteiger partial charge on any atom is 0.191 e. The first-order valence-corrected chi connectivity index (χ1v) is 10.3. The highest BCUT2D eigenvalue weighted by Gasteiger charge is 2.13. The summed E-state index contributed by atoms with van der Waals surface area (Å²) in [5, 5.41) is 20.5. The predicted molar refractivity (Wildman–Crippen MR) is 131 cm³/mol. The van der Waals surface area contributed by atoms with Crippen molar-refractivity contribution in [2.24, 2.45) is 16.8 Å². The van der Waals surface area contributed by atoms with E-state index in [1.54, 1.807) is 6.20 Å². The molecule has 0 fully saturated rings. The van der Waals surface area contributed by atoms with Crippen LogP contribution in [0, 0.1) is 11.8 Å². The van der Waals surface area contributed by atoms with Gasteiger partial charge in [0.1, 0.15) is 0 Å². The molecule has 7 heteroatoms. The number of nitrogens with zero attached hydrogens (tertiary/aromatic N) is 3. The highest BCUT2D eigenvalue weighted by molar-refractivity contribution is 14.0. The van der Waals surface area contributed by atoms with Crippen molar-refractivity contribution < 1.29 is 5.11 Å². The Morgan fingerprint density at radius 3 is 2.66 bits per heavy atom. The van der Waals surface area contributed by atoms with E-state index in [1.165, 1.54) is 5.56 Å². The molecule has 0 saturated carbocycles. The number of hydrogen-bond acceptors (Lipinski definition) is 3. The number of aliphatic hydroxyl groups excluding tert-OH is 1. The highest BCUT2D eigenvalue weighted by Crippen LogP contribution is 2.18. The molecule has 6 nitrogen and oxygen atoms in total. The molecule has 0 radical (unpaired) electrons. The number of nitrogens with one attached hydrogen (secondary N) is 2. The first-order chi connectivity index (χ1) is 13.5. The minimum Gasteiger partial charge on any atom is -0.396 e. The van der Waals surface area contributed by atoms with Crippen molar-refractivity contribution >= 4 is 29.9 Å². The first-order valence-electron chi connectivity index (χ1n) is 10.3. The van der Waals surface area contributed by atoms with Crippen LogP contribution in [0.3, 0.4) is 0 Å². The van der Waals surface area contributed by atoms with Crippen LogP contribution in [0.2, 0.25) is 0 Å². The van der Waals surface area contributed by atoms with Crippen LogP contribution < -0.4 is 10.6 Å². The van der Waals surface area contributed by atoms with Crippen molar-refractivity contribution in [3.63, 3.8) is 0 Å². The van der Waals surface area contributed by atoms with E-state index in [4.69, 9.17) is 4.99 Å². The predicted octanol–water partition coefficient (Wildman–Crippen LogP) is 4.15. The molecule has 2 rings (SSSR count). The van der Waals surface area contributed by atoms with Crippen LogP contribution in [-0.4, -0.2) is 40.5 Å². The lowest BCUT2D eigenvalue weighted by Gasteiger charge is -2.21. The molecule has 0 aliphatic heterocycles. The van der Waals surface area contributed by atoms with Gasteiger partial charge in [-0.1, -0.05) is 26.0 Å². The van der Waals surface area contributed by atoms with Crippen LogP contribution in [0.1, 0.15) is 52.1 Å². The SMILES string of the molecule is CCNC(=NCC(CCO)CC(C)C)NC(C)c1cccc(-n2cccn2)c1.I. The molecule has 0 aliphatic rings. The summed E-state index contributed by atoms with van der Waals surface area (Å²) in [6.45, 7) is 10.4. The number of aliphatic hydroxyl groups is 1. The van der Waals surface area contributed by atoms with Crippen molar-refractivity contribution in [3.05, 3.63) is 48.3 Å². The fourth-order valence-corrected chi connectivity index (χ4v) is 3.32. The summed E-state index contributed by atoms with van der Waals surface area (Å²) in [5.41, 5.74) is 2.21. The molecule has 0 bridgehead atoms. The van der Waals surface area contributed by atoms with E-state index >= 15 is 0 Å². The number of aliphatic imine (C=N–C) groups is 1. The van der Waals surface area contributed by atoms with Crippen molar-refractivity contribution in [2.45, 2.75) is 46.6 Å². The lowest BCUT2D eigenvalue weighted by atomic mass is 9.94. The van der Waals surface area contributed by atoms with Crippen LogP contribution in [-0.2, 0) is 0 Å². The zero-order valence-electron chi connectivity index (χ0n) is 18.0. The molecule has 29 heavy (non-hydrogen) atoms. The van der Waals surface area contributed by atoms with Crippen molar-refractivity contribution in [2.75, 3.05) is 19.7 Å². The Bertz CT molecular complexity index is 718. The van der Waals surface area contributed by atoms with Gasteiger partial charge in [-0.2, -0.15) is 5.10 Å². The normalized spacial score (nSPS) is 13.7. The monoisotopic (exact) mass is 513 g/mol. The van der Waals surface area contributed by atoms with E-state index in [9.17, 15) is 5.11 Å². The average Bonchev–Trinajstić information content (AvgIpc) is 3.21. The fourth-order valence-electron chi connectivity index (χ4n) is 3.32. The molecule has 0 aliphatic carbocycles. The number of hydrogen-bond donors (Lipinski definition) is 3. The third-order valence-corrected chi connectivity index (χ3v) is 4.69. The molecule has 3 N–H and O–H groups in total. The summed E-state index contributed by atoms with van der Waals surface area (Å²) in [6.07, 6.45) is 5.59. The molecule has 2 unspecified atom stereocenters. The standard InChI is InChI=1S/C22H35N5O.HI/c1-5-23-22(24-16-19(10-13-28)14-17(2)3)26-18(4)20-8-6-9-21(15-20)27-12-7-11-25-27;/h6-9,11-12,15,17-19,28H,5,10,13-14,16H2,1-4H3,(H2,23,24,26);1H. The van der Waals surface area contributed by atoms with E-state index in [2.05, 4.69) is 61.6 Å². The Morgan fingerprint density at radius 2 is 2.03 bits per heavy atom. The van der Waals surface area contributed by atoms with E-state index in [0.717, 1.165) is 31.0 Å². The van der Waals surface area contributed by atoms with Gasteiger partial charge in [-0.25, -0.2) is 4.68 Å². The Kier molecular flexibility index (Phi) is 11.9. The molecule has 0 saturated heterocycles. The average molecular weight is 513 g/mol. The van der Waals surface area contributed by atoms with Gasteiger partial charge in [0.2, 0.25) is 0 Å². The number of aromatic nitrogens is 2. The number of benzene rings is 1. The highest BCUT2D eigenvalue weighted by atomic mass is 127. The minimum atomic E-state index is 0. The maximum absolute atomic E-state index is 9.33. The topological polar surface area (TPSA) is 74.5 Å². The van der Waals surface area contributed by atoms with Crippen LogP contribution in [0.5, 0.6) is 0 Å². The number of guanidine groups is 1. The van der Waals surface area contributed by atoms with Crippen LogP contribution >= 0.6 is 24.0 Å². The minimum absolute atomic E-state index is 0. The van der Waals surface area contributed by atoms with Gasteiger partial charge in [-0.05, 0) is 62.3 Å². The summed E-state index contributed by atoms with van der Waals surface area (Å²) in [4.78, 5) is 4.79. The van der Waals surface area contributed by atoms with E-state index in [-0.39, 0.29) is 36.6 Å². The van der Waals surface area contributed by atoms with E-state index < -0.39 is 0 Å². The molecular weight excluding hydrogens is 477 g/mol. The van der Waals surface area contributed by atoms with Crippen molar-refractivity contribution in [1.29, 1.82) is 0 Å². The molecule has 1 heterocycles. The molecule has 1 aromatic carbocycles. The van der Waals surface area contributed by atoms with Gasteiger partial charge in [0.15, 0.2) is 5.96 Å². The van der Waals surface area contributed by atoms with Crippen LogP contribution in [0.4, 0.5) is 0 Å². The number of halogens is 1. The quantitative estimate of drug-likeness (QED) is 0.254. The summed E-state index contributed by atoms with van der Waals surface area (Å²) in [6, 6.07) is 10.4. The van der Waals surface area contributed by atoms with Crippen LogP contribution in [0.15, 0.2) is 47.7 Å². The largest absolute Gasteiger partial charge is 0.396 e. The number of rotatable bonds is 10. The van der Waals surface area contributed by atoms with Gasteiger partial charge in [0.05, 0.1) is 11.7 Å². The summed E-state index contributed by atoms with van der Waals surface area (Å²) >= 11 is 0. The summed E-state index contributed by atoms with van der Waals surface area (Å²) < 4.78 is 1.86. The van der Waals surface area contributed by atoms with Gasteiger partial charge in [-0.15, -0.1) is 24.0 Å².